The first-order chi connectivity index (χ1) is 6.61. The number of carbonyl (C=O) groups is 1. The molecule has 0 aromatic heterocycles. The molecule has 2 atom stereocenters. The van der Waals surface area contributed by atoms with Crippen molar-refractivity contribution in [3.63, 3.8) is 0 Å². The molecule has 0 aromatic carbocycles. The highest BCUT2D eigenvalue weighted by Crippen LogP contribution is 2.15. The number of rotatable bonds is 3. The van der Waals surface area contributed by atoms with Crippen LogP contribution in [0.1, 0.15) is 26.7 Å². The molecule has 0 saturated carbocycles. The van der Waals surface area contributed by atoms with Gasteiger partial charge in [0.15, 0.2) is 0 Å². The van der Waals surface area contributed by atoms with Crippen molar-refractivity contribution in [2.24, 2.45) is 5.92 Å². The fourth-order valence-electron chi connectivity index (χ4n) is 1.75. The van der Waals surface area contributed by atoms with E-state index >= 15 is 0 Å². The molecule has 0 aliphatic carbocycles. The van der Waals surface area contributed by atoms with Gasteiger partial charge in [0.2, 0.25) is 5.91 Å². The van der Waals surface area contributed by atoms with Gasteiger partial charge < -0.3 is 10.6 Å². The van der Waals surface area contributed by atoms with Crippen LogP contribution in [0.15, 0.2) is 12.2 Å². The maximum Gasteiger partial charge on any atom is 0.237 e. The number of nitrogens with one attached hydrogen (secondary N) is 2. The molecule has 0 radical (unpaired) electrons. The summed E-state index contributed by atoms with van der Waals surface area (Å²) in [6, 6.07) is -0.0110. The van der Waals surface area contributed by atoms with Crippen LogP contribution in [-0.2, 0) is 4.79 Å². The minimum absolute atomic E-state index is 0.0110. The summed E-state index contributed by atoms with van der Waals surface area (Å²) >= 11 is 0. The zero-order valence-electron chi connectivity index (χ0n) is 9.10. The first-order valence-corrected chi connectivity index (χ1v) is 5.26. The largest absolute Gasteiger partial charge is 0.351 e. The third-order valence-corrected chi connectivity index (χ3v) is 2.62. The van der Waals surface area contributed by atoms with Gasteiger partial charge in [0.25, 0.3) is 0 Å². The summed E-state index contributed by atoms with van der Waals surface area (Å²) in [7, 11) is 0. The lowest BCUT2D eigenvalue weighted by molar-refractivity contribution is -0.124. The molecule has 1 rings (SSSR count). The van der Waals surface area contributed by atoms with Crippen LogP contribution < -0.4 is 10.6 Å². The minimum atomic E-state index is -0.0110. The molecule has 80 valence electrons. The summed E-state index contributed by atoms with van der Waals surface area (Å²) < 4.78 is 0. The van der Waals surface area contributed by atoms with E-state index in [2.05, 4.69) is 24.1 Å². The molecule has 0 bridgehead atoms. The van der Waals surface area contributed by atoms with Gasteiger partial charge in [0.05, 0.1) is 6.04 Å². The Kier molecular flexibility index (Phi) is 4.14. The number of amides is 1. The molecule has 1 aliphatic rings. The lowest BCUT2D eigenvalue weighted by atomic mass is 9.92. The number of hydrogen-bond donors (Lipinski definition) is 2. The second-order valence-electron chi connectivity index (χ2n) is 4.23. The Labute approximate surface area is 86.0 Å². The molecule has 1 saturated heterocycles. The third-order valence-electron chi connectivity index (χ3n) is 2.62. The summed E-state index contributed by atoms with van der Waals surface area (Å²) in [6.07, 6.45) is 2.31. The van der Waals surface area contributed by atoms with E-state index < -0.39 is 0 Å². The van der Waals surface area contributed by atoms with Crippen molar-refractivity contribution in [3.8, 4) is 0 Å². The van der Waals surface area contributed by atoms with Crippen LogP contribution in [0, 0.1) is 5.92 Å². The van der Waals surface area contributed by atoms with Gasteiger partial charge in [-0.3, -0.25) is 4.79 Å². The number of hydrogen-bond acceptors (Lipinski definition) is 2. The number of piperidine rings is 1. The van der Waals surface area contributed by atoms with Gasteiger partial charge in [-0.15, -0.1) is 0 Å². The molecule has 1 fully saturated rings. The van der Waals surface area contributed by atoms with E-state index in [4.69, 9.17) is 0 Å². The maximum atomic E-state index is 11.7. The van der Waals surface area contributed by atoms with Crippen molar-refractivity contribution in [1.29, 1.82) is 0 Å². The van der Waals surface area contributed by atoms with Crippen LogP contribution in [0.3, 0.4) is 0 Å². The predicted octanol–water partition coefficient (Wildman–Crippen LogP) is 1.07. The van der Waals surface area contributed by atoms with E-state index in [1.807, 2.05) is 6.92 Å². The Balaban J connectivity index is 2.38. The first kappa shape index (κ1) is 11.2. The van der Waals surface area contributed by atoms with Crippen LogP contribution in [0.4, 0.5) is 0 Å². The molecular weight excluding hydrogens is 176 g/mol. The van der Waals surface area contributed by atoms with Gasteiger partial charge in [-0.2, -0.15) is 0 Å². The minimum Gasteiger partial charge on any atom is -0.351 e. The highest BCUT2D eigenvalue weighted by molar-refractivity contribution is 5.82. The average Bonchev–Trinajstić information content (AvgIpc) is 2.15. The maximum absolute atomic E-state index is 11.7. The van der Waals surface area contributed by atoms with E-state index in [-0.39, 0.29) is 11.9 Å². The normalized spacial score (nSPS) is 27.0. The zero-order chi connectivity index (χ0) is 10.6. The van der Waals surface area contributed by atoms with Gasteiger partial charge in [-0.05, 0) is 32.2 Å². The molecule has 2 unspecified atom stereocenters. The lowest BCUT2D eigenvalue weighted by Gasteiger charge is -2.28. The molecule has 1 heterocycles. The topological polar surface area (TPSA) is 41.1 Å². The summed E-state index contributed by atoms with van der Waals surface area (Å²) in [5, 5.41) is 6.13. The van der Waals surface area contributed by atoms with Crippen molar-refractivity contribution in [3.05, 3.63) is 12.2 Å². The van der Waals surface area contributed by atoms with Gasteiger partial charge in [0.1, 0.15) is 0 Å². The fourth-order valence-corrected chi connectivity index (χ4v) is 1.75. The quantitative estimate of drug-likeness (QED) is 0.663. The zero-order valence-corrected chi connectivity index (χ0v) is 9.10. The van der Waals surface area contributed by atoms with Gasteiger partial charge in [-0.25, -0.2) is 0 Å². The summed E-state index contributed by atoms with van der Waals surface area (Å²) in [5.41, 5.74) is 0.988. The van der Waals surface area contributed by atoms with Crippen molar-refractivity contribution in [2.75, 3.05) is 13.1 Å². The smallest absolute Gasteiger partial charge is 0.237 e. The molecule has 2 N–H and O–H groups in total. The third kappa shape index (κ3) is 3.14. The van der Waals surface area contributed by atoms with Gasteiger partial charge >= 0.3 is 0 Å². The Morgan fingerprint density at radius 1 is 1.64 bits per heavy atom. The van der Waals surface area contributed by atoms with E-state index in [1.54, 1.807) is 0 Å². The molecule has 1 amide bonds. The average molecular weight is 196 g/mol. The van der Waals surface area contributed by atoms with Crippen molar-refractivity contribution in [2.45, 2.75) is 32.7 Å². The van der Waals surface area contributed by atoms with Crippen LogP contribution in [0.5, 0.6) is 0 Å². The van der Waals surface area contributed by atoms with Crippen LogP contribution in [0.25, 0.3) is 0 Å². The van der Waals surface area contributed by atoms with E-state index in [1.165, 1.54) is 6.42 Å². The summed E-state index contributed by atoms with van der Waals surface area (Å²) in [5.74, 6) is 0.550. The highest BCUT2D eigenvalue weighted by Gasteiger charge is 2.26. The molecule has 0 spiro atoms. The summed E-state index contributed by atoms with van der Waals surface area (Å²) in [4.78, 5) is 11.7. The SMILES string of the molecule is C=C(C)CNC(=O)C1NCCCC1C. The Hall–Kier alpha value is -0.830. The number of carbonyl (C=O) groups excluding carboxylic acids is 1. The molecule has 14 heavy (non-hydrogen) atoms. The second-order valence-corrected chi connectivity index (χ2v) is 4.23. The van der Waals surface area contributed by atoms with Crippen LogP contribution >= 0.6 is 0 Å². The molecular formula is C11H20N2O. The van der Waals surface area contributed by atoms with E-state index in [0.717, 1.165) is 18.5 Å². The predicted molar refractivity (Wildman–Crippen MR) is 58.0 cm³/mol. The van der Waals surface area contributed by atoms with Crippen LogP contribution in [-0.4, -0.2) is 25.0 Å². The highest BCUT2D eigenvalue weighted by atomic mass is 16.2. The summed E-state index contributed by atoms with van der Waals surface area (Å²) in [6.45, 7) is 9.33. The molecule has 3 nitrogen and oxygen atoms in total. The molecule has 0 aromatic rings. The Morgan fingerprint density at radius 3 is 2.93 bits per heavy atom. The second kappa shape index (κ2) is 5.15. The van der Waals surface area contributed by atoms with Crippen molar-refractivity contribution < 1.29 is 4.79 Å². The Morgan fingerprint density at radius 2 is 2.36 bits per heavy atom. The van der Waals surface area contributed by atoms with Crippen molar-refractivity contribution in [1.82, 2.24) is 10.6 Å². The fraction of sp³-hybridized carbons (Fsp3) is 0.727. The van der Waals surface area contributed by atoms with E-state index in [0.29, 0.717) is 12.5 Å². The van der Waals surface area contributed by atoms with Gasteiger partial charge in [-0.1, -0.05) is 19.1 Å². The lowest BCUT2D eigenvalue weighted by Crippen LogP contribution is -2.51. The first-order valence-electron chi connectivity index (χ1n) is 5.26. The van der Waals surface area contributed by atoms with Gasteiger partial charge in [0, 0.05) is 6.54 Å². The monoisotopic (exact) mass is 196 g/mol. The molecule has 3 heteroatoms. The standard InChI is InChI=1S/C11H20N2O/c1-8(2)7-13-11(14)10-9(3)5-4-6-12-10/h9-10,12H,1,4-7H2,2-3H3,(H,13,14). The van der Waals surface area contributed by atoms with E-state index in [9.17, 15) is 4.79 Å². The Bertz CT molecular complexity index is 225. The van der Waals surface area contributed by atoms with Crippen LogP contribution in [0.2, 0.25) is 0 Å². The molecule has 1 aliphatic heterocycles. The van der Waals surface area contributed by atoms with Crippen molar-refractivity contribution >= 4 is 5.91 Å².